The van der Waals surface area contributed by atoms with Gasteiger partial charge in [0, 0.05) is 5.56 Å². The van der Waals surface area contributed by atoms with Gasteiger partial charge in [-0.05, 0) is 54.3 Å². The summed E-state index contributed by atoms with van der Waals surface area (Å²) in [7, 11) is 0. The number of benzene rings is 3. The van der Waals surface area contributed by atoms with Crippen molar-refractivity contribution in [3.8, 4) is 5.75 Å². The van der Waals surface area contributed by atoms with Crippen LogP contribution in [0, 0.1) is 0 Å². The molecule has 0 saturated carbocycles. The molecule has 146 valence electrons. The molecule has 1 unspecified atom stereocenters. The van der Waals surface area contributed by atoms with Crippen LogP contribution < -0.4 is 4.74 Å². The van der Waals surface area contributed by atoms with E-state index in [1.54, 1.807) is 30.3 Å². The number of carbonyl (C=O) groups excluding carboxylic acids is 1. The van der Waals surface area contributed by atoms with Gasteiger partial charge >= 0.3 is 5.97 Å². The standard InChI is InChI=1S/C25H22O4/c26-23(17-11-19-7-3-1-4-8-19)21-13-15-22(16-14-21)29-24(25(27)28)18-12-20-9-5-2-6-10-20/h1-11,13-17,24H,12,18H2,(H,27,28). The first-order valence-electron chi connectivity index (χ1n) is 9.43. The van der Waals surface area contributed by atoms with Crippen molar-refractivity contribution in [2.75, 3.05) is 0 Å². The highest BCUT2D eigenvalue weighted by Gasteiger charge is 2.19. The van der Waals surface area contributed by atoms with E-state index in [4.69, 9.17) is 4.74 Å². The summed E-state index contributed by atoms with van der Waals surface area (Å²) >= 11 is 0. The molecule has 3 aromatic rings. The molecule has 0 bridgehead atoms. The fraction of sp³-hybridized carbons (Fsp3) is 0.120. The molecule has 0 aliphatic carbocycles. The summed E-state index contributed by atoms with van der Waals surface area (Å²) in [6.45, 7) is 0. The normalized spacial score (nSPS) is 11.9. The number of ketones is 1. The van der Waals surface area contributed by atoms with Crippen LogP contribution >= 0.6 is 0 Å². The molecule has 3 rings (SSSR count). The summed E-state index contributed by atoms with van der Waals surface area (Å²) in [5, 5.41) is 9.45. The van der Waals surface area contributed by atoms with Gasteiger partial charge in [0.2, 0.25) is 0 Å². The molecule has 4 heteroatoms. The van der Waals surface area contributed by atoms with Crippen molar-refractivity contribution in [1.29, 1.82) is 0 Å². The highest BCUT2D eigenvalue weighted by molar-refractivity contribution is 6.06. The average molecular weight is 386 g/mol. The Hall–Kier alpha value is -3.66. The third-order valence-corrected chi connectivity index (χ3v) is 4.46. The number of hydrogen-bond acceptors (Lipinski definition) is 3. The maximum Gasteiger partial charge on any atom is 0.344 e. The number of carbonyl (C=O) groups is 2. The van der Waals surface area contributed by atoms with E-state index < -0.39 is 12.1 Å². The largest absolute Gasteiger partial charge is 0.479 e. The first-order valence-corrected chi connectivity index (χ1v) is 9.43. The molecule has 0 aromatic heterocycles. The number of hydrogen-bond donors (Lipinski definition) is 1. The lowest BCUT2D eigenvalue weighted by Gasteiger charge is -2.15. The SMILES string of the molecule is O=C(C=Cc1ccccc1)c1ccc(OC(CCc2ccccc2)C(=O)O)cc1. The van der Waals surface area contributed by atoms with Crippen LogP contribution in [0.25, 0.3) is 6.08 Å². The second-order valence-electron chi connectivity index (χ2n) is 6.60. The molecule has 0 heterocycles. The van der Waals surface area contributed by atoms with E-state index in [0.717, 1.165) is 11.1 Å². The van der Waals surface area contributed by atoms with E-state index in [0.29, 0.717) is 24.2 Å². The summed E-state index contributed by atoms with van der Waals surface area (Å²) in [5.41, 5.74) is 2.53. The van der Waals surface area contributed by atoms with Gasteiger partial charge in [-0.2, -0.15) is 0 Å². The number of allylic oxidation sites excluding steroid dienone is 1. The monoisotopic (exact) mass is 386 g/mol. The first kappa shape index (κ1) is 20.1. The van der Waals surface area contributed by atoms with Crippen LogP contribution in [0.5, 0.6) is 5.75 Å². The van der Waals surface area contributed by atoms with Crippen molar-refractivity contribution in [2.24, 2.45) is 0 Å². The first-order chi connectivity index (χ1) is 14.1. The third-order valence-electron chi connectivity index (χ3n) is 4.46. The summed E-state index contributed by atoms with van der Waals surface area (Å²) < 4.78 is 5.63. The number of rotatable bonds is 9. The Morgan fingerprint density at radius 2 is 1.48 bits per heavy atom. The molecule has 0 spiro atoms. The second kappa shape index (κ2) is 10.0. The zero-order valence-electron chi connectivity index (χ0n) is 15.9. The van der Waals surface area contributed by atoms with Crippen molar-refractivity contribution >= 4 is 17.8 Å². The van der Waals surface area contributed by atoms with Gasteiger partial charge < -0.3 is 9.84 Å². The Morgan fingerprint density at radius 3 is 2.10 bits per heavy atom. The van der Waals surface area contributed by atoms with E-state index in [1.807, 2.05) is 60.7 Å². The topological polar surface area (TPSA) is 63.6 Å². The van der Waals surface area contributed by atoms with Gasteiger partial charge in [0.05, 0.1) is 0 Å². The van der Waals surface area contributed by atoms with Crippen LogP contribution in [-0.4, -0.2) is 23.0 Å². The fourth-order valence-electron chi connectivity index (χ4n) is 2.87. The lowest BCUT2D eigenvalue weighted by Crippen LogP contribution is -2.27. The van der Waals surface area contributed by atoms with Gasteiger partial charge in [-0.25, -0.2) is 4.79 Å². The van der Waals surface area contributed by atoms with Crippen LogP contribution in [0.3, 0.4) is 0 Å². The van der Waals surface area contributed by atoms with Gasteiger partial charge in [0.25, 0.3) is 0 Å². The Labute approximate surface area is 170 Å². The highest BCUT2D eigenvalue weighted by Crippen LogP contribution is 2.17. The van der Waals surface area contributed by atoms with Gasteiger partial charge in [0.1, 0.15) is 5.75 Å². The Bertz CT molecular complexity index is 961. The van der Waals surface area contributed by atoms with Gasteiger partial charge in [-0.15, -0.1) is 0 Å². The molecule has 3 aromatic carbocycles. The van der Waals surface area contributed by atoms with Crippen LogP contribution in [0.4, 0.5) is 0 Å². The molecule has 1 atom stereocenters. The number of aliphatic carboxylic acids is 1. The van der Waals surface area contributed by atoms with Crippen LogP contribution in [0.2, 0.25) is 0 Å². The van der Waals surface area contributed by atoms with E-state index >= 15 is 0 Å². The molecule has 1 N–H and O–H groups in total. The highest BCUT2D eigenvalue weighted by atomic mass is 16.5. The minimum atomic E-state index is -1.01. The lowest BCUT2D eigenvalue weighted by molar-refractivity contribution is -0.145. The molecule has 4 nitrogen and oxygen atoms in total. The smallest absolute Gasteiger partial charge is 0.344 e. The predicted molar refractivity (Wildman–Crippen MR) is 113 cm³/mol. The van der Waals surface area contributed by atoms with Gasteiger partial charge in [-0.3, -0.25) is 4.79 Å². The molecule has 0 fully saturated rings. The maximum atomic E-state index is 12.3. The lowest BCUT2D eigenvalue weighted by atomic mass is 10.1. The van der Waals surface area contributed by atoms with E-state index in [1.165, 1.54) is 6.08 Å². The molecule has 0 saturated heterocycles. The third kappa shape index (κ3) is 6.18. The molecule has 0 aliphatic rings. The molecule has 0 radical (unpaired) electrons. The van der Waals surface area contributed by atoms with Crippen LogP contribution in [0.1, 0.15) is 27.9 Å². The maximum absolute atomic E-state index is 12.3. The molecular weight excluding hydrogens is 364 g/mol. The van der Waals surface area contributed by atoms with Crippen molar-refractivity contribution in [3.05, 3.63) is 108 Å². The predicted octanol–water partition coefficient (Wildman–Crippen LogP) is 5.05. The molecule has 29 heavy (non-hydrogen) atoms. The summed E-state index contributed by atoms with van der Waals surface area (Å²) in [6.07, 6.45) is 3.30. The van der Waals surface area contributed by atoms with Crippen LogP contribution in [0.15, 0.2) is 91.0 Å². The van der Waals surface area contributed by atoms with Crippen molar-refractivity contribution in [1.82, 2.24) is 0 Å². The zero-order valence-corrected chi connectivity index (χ0v) is 15.9. The van der Waals surface area contributed by atoms with Crippen molar-refractivity contribution in [3.63, 3.8) is 0 Å². The summed E-state index contributed by atoms with van der Waals surface area (Å²) in [6, 6.07) is 25.8. The quantitative estimate of drug-likeness (QED) is 0.413. The Balaban J connectivity index is 1.60. The Kier molecular flexibility index (Phi) is 6.95. The summed E-state index contributed by atoms with van der Waals surface area (Å²) in [4.78, 5) is 23.8. The second-order valence-corrected chi connectivity index (χ2v) is 6.60. The van der Waals surface area contributed by atoms with Gasteiger partial charge in [-0.1, -0.05) is 66.7 Å². The number of carboxylic acid groups (broad SMARTS) is 1. The fourth-order valence-corrected chi connectivity index (χ4v) is 2.87. The molecule has 0 amide bonds. The van der Waals surface area contributed by atoms with E-state index in [9.17, 15) is 14.7 Å². The zero-order chi connectivity index (χ0) is 20.5. The van der Waals surface area contributed by atoms with Gasteiger partial charge in [0.15, 0.2) is 11.9 Å². The number of carboxylic acids is 1. The van der Waals surface area contributed by atoms with Crippen molar-refractivity contribution in [2.45, 2.75) is 18.9 Å². The number of aryl methyl sites for hydroxylation is 1. The molecular formula is C25H22O4. The van der Waals surface area contributed by atoms with Crippen molar-refractivity contribution < 1.29 is 19.4 Å². The minimum absolute atomic E-state index is 0.126. The average Bonchev–Trinajstić information content (AvgIpc) is 2.76. The summed E-state index contributed by atoms with van der Waals surface area (Å²) in [5.74, 6) is -0.708. The Morgan fingerprint density at radius 1 is 0.862 bits per heavy atom. The van der Waals surface area contributed by atoms with Crippen LogP contribution in [-0.2, 0) is 11.2 Å². The number of ether oxygens (including phenoxy) is 1. The molecule has 0 aliphatic heterocycles. The van der Waals surface area contributed by atoms with E-state index in [-0.39, 0.29) is 5.78 Å². The minimum Gasteiger partial charge on any atom is -0.479 e. The van der Waals surface area contributed by atoms with E-state index in [2.05, 4.69) is 0 Å².